The van der Waals surface area contributed by atoms with Crippen LogP contribution in [0.1, 0.15) is 59.4 Å². The van der Waals surface area contributed by atoms with Crippen LogP contribution in [0.4, 0.5) is 0 Å². The average molecular weight is 303 g/mol. The van der Waals surface area contributed by atoms with E-state index < -0.39 is 0 Å². The topological polar surface area (TPSA) is 21.3 Å². The summed E-state index contributed by atoms with van der Waals surface area (Å²) in [6, 6.07) is 8.74. The molecular weight excluding hydrogens is 270 g/mol. The summed E-state index contributed by atoms with van der Waals surface area (Å²) in [5.74, 6) is 1.66. The first-order valence-corrected chi connectivity index (χ1v) is 8.70. The van der Waals surface area contributed by atoms with Crippen molar-refractivity contribution in [3.8, 4) is 5.75 Å². The summed E-state index contributed by atoms with van der Waals surface area (Å²) in [7, 11) is 0. The Morgan fingerprint density at radius 1 is 1.09 bits per heavy atom. The van der Waals surface area contributed by atoms with Crippen LogP contribution in [0.25, 0.3) is 0 Å². The van der Waals surface area contributed by atoms with Crippen LogP contribution in [-0.4, -0.2) is 19.7 Å². The van der Waals surface area contributed by atoms with Gasteiger partial charge in [0.25, 0.3) is 0 Å². The van der Waals surface area contributed by atoms with Crippen LogP contribution in [0.5, 0.6) is 5.75 Å². The number of benzene rings is 1. The lowest BCUT2D eigenvalue weighted by atomic mass is 9.72. The van der Waals surface area contributed by atoms with Gasteiger partial charge in [-0.15, -0.1) is 0 Å². The number of piperidine rings is 1. The summed E-state index contributed by atoms with van der Waals surface area (Å²) < 4.78 is 5.97. The van der Waals surface area contributed by atoms with E-state index in [9.17, 15) is 0 Å². The Bertz CT molecular complexity index is 450. The minimum absolute atomic E-state index is 0.198. The molecule has 1 saturated heterocycles. The lowest BCUT2D eigenvalue weighted by Gasteiger charge is -2.33. The summed E-state index contributed by atoms with van der Waals surface area (Å²) in [5.41, 5.74) is 1.94. The second-order valence-corrected chi connectivity index (χ2v) is 8.67. The van der Waals surface area contributed by atoms with Crippen molar-refractivity contribution >= 4 is 0 Å². The molecule has 1 heterocycles. The Kier molecular flexibility index (Phi) is 5.55. The van der Waals surface area contributed by atoms with Crippen molar-refractivity contribution in [1.82, 2.24) is 5.32 Å². The van der Waals surface area contributed by atoms with Gasteiger partial charge in [0, 0.05) is 12.5 Å². The molecule has 1 N–H and O–H groups in total. The van der Waals surface area contributed by atoms with Gasteiger partial charge >= 0.3 is 0 Å². The van der Waals surface area contributed by atoms with E-state index in [1.807, 2.05) is 0 Å². The highest BCUT2D eigenvalue weighted by molar-refractivity contribution is 5.31. The van der Waals surface area contributed by atoms with E-state index in [2.05, 4.69) is 64.2 Å². The highest BCUT2D eigenvalue weighted by Crippen LogP contribution is 2.36. The van der Waals surface area contributed by atoms with E-state index in [1.165, 1.54) is 24.8 Å². The molecule has 0 aliphatic carbocycles. The van der Waals surface area contributed by atoms with Gasteiger partial charge in [0.15, 0.2) is 0 Å². The molecule has 1 aromatic rings. The Morgan fingerprint density at radius 2 is 1.77 bits per heavy atom. The lowest BCUT2D eigenvalue weighted by Crippen LogP contribution is -2.33. The monoisotopic (exact) mass is 303 g/mol. The predicted molar refractivity (Wildman–Crippen MR) is 94.6 cm³/mol. The van der Waals surface area contributed by atoms with Gasteiger partial charge in [0.05, 0.1) is 6.61 Å². The van der Waals surface area contributed by atoms with Crippen LogP contribution in [0.2, 0.25) is 0 Å². The van der Waals surface area contributed by atoms with Crippen molar-refractivity contribution in [3.05, 3.63) is 29.8 Å². The summed E-state index contributed by atoms with van der Waals surface area (Å²) in [5, 5.41) is 3.44. The van der Waals surface area contributed by atoms with E-state index >= 15 is 0 Å². The Labute approximate surface area is 136 Å². The molecule has 1 aromatic carbocycles. The molecule has 0 unspecified atom stereocenters. The Morgan fingerprint density at radius 3 is 2.32 bits per heavy atom. The van der Waals surface area contributed by atoms with Crippen molar-refractivity contribution in [1.29, 1.82) is 0 Å². The van der Waals surface area contributed by atoms with Crippen LogP contribution in [0.3, 0.4) is 0 Å². The molecule has 124 valence electrons. The van der Waals surface area contributed by atoms with Gasteiger partial charge in [-0.05, 0) is 54.3 Å². The number of hydrogen-bond acceptors (Lipinski definition) is 2. The van der Waals surface area contributed by atoms with Crippen LogP contribution in [-0.2, 0) is 5.41 Å². The molecule has 0 aromatic heterocycles. The minimum atomic E-state index is 0.198. The van der Waals surface area contributed by atoms with Crippen LogP contribution >= 0.6 is 0 Å². The third-order valence-electron chi connectivity index (χ3n) is 4.49. The first-order chi connectivity index (χ1) is 10.3. The molecule has 2 heteroatoms. The lowest BCUT2D eigenvalue weighted by molar-refractivity contribution is 0.218. The highest BCUT2D eigenvalue weighted by Gasteiger charge is 2.27. The minimum Gasteiger partial charge on any atom is -0.493 e. The fourth-order valence-corrected chi connectivity index (χ4v) is 3.71. The molecule has 2 rings (SSSR count). The molecule has 0 amide bonds. The third-order valence-corrected chi connectivity index (χ3v) is 4.49. The maximum Gasteiger partial charge on any atom is 0.119 e. The van der Waals surface area contributed by atoms with Gasteiger partial charge < -0.3 is 10.1 Å². The number of nitrogens with one attached hydrogen (secondary N) is 1. The van der Waals surface area contributed by atoms with Crippen LogP contribution in [0, 0.1) is 11.3 Å². The summed E-state index contributed by atoms with van der Waals surface area (Å²) in [4.78, 5) is 0. The SMILES string of the molecule is CC(C)(C)CC(C)(C)c1ccc(OC[C@H]2CCCNC2)cc1. The maximum absolute atomic E-state index is 5.97. The van der Waals surface area contributed by atoms with Crippen molar-refractivity contribution in [2.24, 2.45) is 11.3 Å². The maximum atomic E-state index is 5.97. The first-order valence-electron chi connectivity index (χ1n) is 8.70. The third kappa shape index (κ3) is 5.31. The second-order valence-electron chi connectivity index (χ2n) is 8.67. The zero-order valence-corrected chi connectivity index (χ0v) is 15.0. The van der Waals surface area contributed by atoms with E-state index in [4.69, 9.17) is 4.74 Å². The molecule has 0 saturated carbocycles. The van der Waals surface area contributed by atoms with Crippen molar-refractivity contribution in [2.75, 3.05) is 19.7 Å². The summed E-state index contributed by atoms with van der Waals surface area (Å²) >= 11 is 0. The highest BCUT2D eigenvalue weighted by atomic mass is 16.5. The molecule has 1 aliphatic heterocycles. The molecule has 1 atom stereocenters. The molecule has 0 spiro atoms. The molecular formula is C20H33NO. The van der Waals surface area contributed by atoms with Gasteiger partial charge in [-0.3, -0.25) is 0 Å². The number of ether oxygens (including phenoxy) is 1. The van der Waals surface area contributed by atoms with E-state index in [0.717, 1.165) is 25.4 Å². The molecule has 0 radical (unpaired) electrons. The smallest absolute Gasteiger partial charge is 0.119 e. The van der Waals surface area contributed by atoms with Crippen molar-refractivity contribution in [3.63, 3.8) is 0 Å². The largest absolute Gasteiger partial charge is 0.493 e. The van der Waals surface area contributed by atoms with Gasteiger partial charge in [-0.1, -0.05) is 46.8 Å². The number of rotatable bonds is 5. The van der Waals surface area contributed by atoms with Crippen LogP contribution < -0.4 is 10.1 Å². The van der Waals surface area contributed by atoms with Crippen molar-refractivity contribution in [2.45, 2.75) is 59.3 Å². The Balaban J connectivity index is 1.91. The van der Waals surface area contributed by atoms with E-state index in [-0.39, 0.29) is 5.41 Å². The zero-order valence-electron chi connectivity index (χ0n) is 15.0. The molecule has 0 bridgehead atoms. The van der Waals surface area contributed by atoms with Crippen molar-refractivity contribution < 1.29 is 4.74 Å². The molecule has 1 aliphatic rings. The molecule has 1 fully saturated rings. The standard InChI is InChI=1S/C20H33NO/c1-19(2,3)15-20(4,5)17-8-10-18(11-9-17)22-14-16-7-6-12-21-13-16/h8-11,16,21H,6-7,12-15H2,1-5H3/t16-/m0/s1. The van der Waals surface area contributed by atoms with E-state index in [0.29, 0.717) is 11.3 Å². The van der Waals surface area contributed by atoms with E-state index in [1.54, 1.807) is 0 Å². The van der Waals surface area contributed by atoms with Gasteiger partial charge in [0.2, 0.25) is 0 Å². The second kappa shape index (κ2) is 7.04. The van der Waals surface area contributed by atoms with Gasteiger partial charge in [-0.25, -0.2) is 0 Å². The first kappa shape index (κ1) is 17.3. The Hall–Kier alpha value is -1.02. The van der Waals surface area contributed by atoms with Crippen LogP contribution in [0.15, 0.2) is 24.3 Å². The fraction of sp³-hybridized carbons (Fsp3) is 0.700. The van der Waals surface area contributed by atoms with Gasteiger partial charge in [0.1, 0.15) is 5.75 Å². The fourth-order valence-electron chi connectivity index (χ4n) is 3.71. The normalized spacial score (nSPS) is 20.0. The molecule has 2 nitrogen and oxygen atoms in total. The summed E-state index contributed by atoms with van der Waals surface area (Å²) in [6.07, 6.45) is 3.73. The molecule has 22 heavy (non-hydrogen) atoms. The van der Waals surface area contributed by atoms with Gasteiger partial charge in [-0.2, -0.15) is 0 Å². The predicted octanol–water partition coefficient (Wildman–Crippen LogP) is 4.78. The average Bonchev–Trinajstić information content (AvgIpc) is 2.44. The summed E-state index contributed by atoms with van der Waals surface area (Å²) in [6.45, 7) is 14.7. The quantitative estimate of drug-likeness (QED) is 0.845. The number of hydrogen-bond donors (Lipinski definition) is 1. The zero-order chi connectivity index (χ0) is 16.2.